The van der Waals surface area contributed by atoms with Crippen LogP contribution in [0, 0.1) is 17.3 Å². The lowest BCUT2D eigenvalue weighted by atomic mass is 9.63. The van der Waals surface area contributed by atoms with Gasteiger partial charge in [0.15, 0.2) is 0 Å². The highest BCUT2D eigenvalue weighted by atomic mass is 14.4. The van der Waals surface area contributed by atoms with Gasteiger partial charge in [-0.2, -0.15) is 0 Å². The maximum atomic E-state index is 2.43. The molecule has 0 nitrogen and oxygen atoms in total. The zero-order valence-corrected chi connectivity index (χ0v) is 12.9. The Morgan fingerprint density at radius 2 is 1.90 bits per heavy atom. The molecule has 0 heterocycles. The number of rotatable bonds is 5. The largest absolute Gasteiger partial charge is 0.0837 e. The first kappa shape index (κ1) is 14.8. The van der Waals surface area contributed by atoms with Crippen LogP contribution in [-0.4, -0.2) is 0 Å². The van der Waals surface area contributed by atoms with E-state index in [9.17, 15) is 0 Å². The van der Waals surface area contributed by atoms with Crippen molar-refractivity contribution in [3.8, 4) is 0 Å². The lowest BCUT2D eigenvalue weighted by Gasteiger charge is -2.41. The van der Waals surface area contributed by atoms with Crippen LogP contribution in [0.1, 0.15) is 39.2 Å². The molecule has 0 saturated carbocycles. The highest BCUT2D eigenvalue weighted by Crippen LogP contribution is 2.45. The van der Waals surface area contributed by atoms with Crippen LogP contribution in [0.5, 0.6) is 0 Å². The molecule has 0 aliphatic heterocycles. The monoisotopic (exact) mass is 266 g/mol. The molecule has 1 aromatic carbocycles. The van der Waals surface area contributed by atoms with Gasteiger partial charge < -0.3 is 0 Å². The molecule has 20 heavy (non-hydrogen) atoms. The minimum absolute atomic E-state index is 0.273. The Labute approximate surface area is 123 Å². The molecule has 3 atom stereocenters. The van der Waals surface area contributed by atoms with Gasteiger partial charge in [0.05, 0.1) is 0 Å². The highest BCUT2D eigenvalue weighted by molar-refractivity contribution is 5.49. The summed E-state index contributed by atoms with van der Waals surface area (Å²) in [6, 6.07) is 10.6. The summed E-state index contributed by atoms with van der Waals surface area (Å²) in [6.45, 7) is 7.04. The maximum Gasteiger partial charge on any atom is 0.000508 e. The molecule has 3 unspecified atom stereocenters. The smallest absolute Gasteiger partial charge is 0.000508 e. The lowest BCUT2D eigenvalue weighted by molar-refractivity contribution is 0.181. The first-order valence-corrected chi connectivity index (χ1v) is 7.76. The van der Waals surface area contributed by atoms with Crippen LogP contribution in [0.3, 0.4) is 0 Å². The van der Waals surface area contributed by atoms with Crippen LogP contribution in [0.4, 0.5) is 0 Å². The molecule has 0 radical (unpaired) electrons. The molecule has 0 N–H and O–H groups in total. The second-order valence-electron chi connectivity index (χ2n) is 5.97. The normalized spacial score (nSPS) is 24.9. The van der Waals surface area contributed by atoms with Gasteiger partial charge in [0.1, 0.15) is 0 Å². The van der Waals surface area contributed by atoms with E-state index >= 15 is 0 Å². The first-order chi connectivity index (χ1) is 9.69. The average Bonchev–Trinajstić information content (AvgIpc) is 2.53. The van der Waals surface area contributed by atoms with Gasteiger partial charge >= 0.3 is 0 Å². The number of allylic oxidation sites excluding steroid dienone is 5. The molecule has 0 fully saturated rings. The number of hydrogen-bond donors (Lipinski definition) is 0. The molecule has 0 saturated heterocycles. The Morgan fingerprint density at radius 3 is 2.50 bits per heavy atom. The third-order valence-corrected chi connectivity index (χ3v) is 4.88. The van der Waals surface area contributed by atoms with Crippen molar-refractivity contribution in [2.75, 3.05) is 0 Å². The molecule has 0 heteroatoms. The number of benzene rings is 1. The van der Waals surface area contributed by atoms with Gasteiger partial charge in [-0.3, -0.25) is 0 Å². The minimum Gasteiger partial charge on any atom is -0.0837 e. The summed E-state index contributed by atoms with van der Waals surface area (Å²) in [6.07, 6.45) is 16.2. The van der Waals surface area contributed by atoms with Gasteiger partial charge in [-0.15, -0.1) is 0 Å². The highest BCUT2D eigenvalue weighted by Gasteiger charge is 2.36. The summed E-state index contributed by atoms with van der Waals surface area (Å²) in [5.74, 6) is 1.23. The predicted molar refractivity (Wildman–Crippen MR) is 89.4 cm³/mol. The van der Waals surface area contributed by atoms with Crippen LogP contribution in [-0.2, 0) is 0 Å². The molecule has 0 spiro atoms. The topological polar surface area (TPSA) is 0 Å². The Morgan fingerprint density at radius 1 is 1.15 bits per heavy atom. The fraction of sp³-hybridized carbons (Fsp3) is 0.400. The molecule has 0 bridgehead atoms. The Bertz CT molecular complexity index is 492. The van der Waals surface area contributed by atoms with Crippen LogP contribution in [0.25, 0.3) is 6.08 Å². The van der Waals surface area contributed by atoms with Gasteiger partial charge in [-0.05, 0) is 23.8 Å². The fourth-order valence-corrected chi connectivity index (χ4v) is 3.18. The zero-order chi connectivity index (χ0) is 14.4. The number of hydrogen-bond acceptors (Lipinski definition) is 0. The Kier molecular flexibility index (Phi) is 5.00. The van der Waals surface area contributed by atoms with Gasteiger partial charge in [-0.25, -0.2) is 0 Å². The van der Waals surface area contributed by atoms with Crippen molar-refractivity contribution < 1.29 is 0 Å². The van der Waals surface area contributed by atoms with Crippen LogP contribution in [0.15, 0.2) is 60.7 Å². The van der Waals surface area contributed by atoms with Gasteiger partial charge in [0, 0.05) is 5.41 Å². The summed E-state index contributed by atoms with van der Waals surface area (Å²) in [4.78, 5) is 0. The van der Waals surface area contributed by atoms with E-state index in [-0.39, 0.29) is 5.41 Å². The molecule has 0 aromatic heterocycles. The van der Waals surface area contributed by atoms with Crippen molar-refractivity contribution in [3.63, 3.8) is 0 Å². The Balaban J connectivity index is 2.20. The van der Waals surface area contributed by atoms with E-state index in [2.05, 4.69) is 87.6 Å². The second-order valence-corrected chi connectivity index (χ2v) is 5.97. The molecule has 2 rings (SSSR count). The van der Waals surface area contributed by atoms with E-state index < -0.39 is 0 Å². The van der Waals surface area contributed by atoms with Crippen LogP contribution < -0.4 is 0 Å². The van der Waals surface area contributed by atoms with E-state index in [4.69, 9.17) is 0 Å². The molecular weight excluding hydrogens is 240 g/mol. The van der Waals surface area contributed by atoms with Crippen molar-refractivity contribution in [3.05, 3.63) is 66.3 Å². The summed E-state index contributed by atoms with van der Waals surface area (Å²) in [7, 11) is 0. The third kappa shape index (κ3) is 3.12. The van der Waals surface area contributed by atoms with Crippen LogP contribution >= 0.6 is 0 Å². The van der Waals surface area contributed by atoms with Crippen molar-refractivity contribution in [2.45, 2.75) is 33.6 Å². The van der Waals surface area contributed by atoms with E-state index in [1.807, 2.05) is 0 Å². The zero-order valence-electron chi connectivity index (χ0n) is 12.9. The van der Waals surface area contributed by atoms with E-state index in [1.54, 1.807) is 0 Å². The van der Waals surface area contributed by atoms with Gasteiger partial charge in [0.25, 0.3) is 0 Å². The third-order valence-electron chi connectivity index (χ3n) is 4.88. The molecule has 1 aliphatic rings. The summed E-state index contributed by atoms with van der Waals surface area (Å²) in [5.41, 5.74) is 1.56. The van der Waals surface area contributed by atoms with Gasteiger partial charge in [0.2, 0.25) is 0 Å². The molecule has 1 aliphatic carbocycles. The van der Waals surface area contributed by atoms with E-state index in [0.717, 1.165) is 6.42 Å². The molecular formula is C20H26. The first-order valence-electron chi connectivity index (χ1n) is 7.76. The van der Waals surface area contributed by atoms with Crippen LogP contribution in [0.2, 0.25) is 0 Å². The molecule has 106 valence electrons. The summed E-state index contributed by atoms with van der Waals surface area (Å²) >= 11 is 0. The summed E-state index contributed by atoms with van der Waals surface area (Å²) < 4.78 is 0. The van der Waals surface area contributed by atoms with Crippen molar-refractivity contribution in [1.29, 1.82) is 0 Å². The standard InChI is InChI=1S/C20H26/c1-4-17(2)20(15-9-6-10-16-20)18(3)13-14-19-11-7-5-8-12-19/h5-15,17-18H,4,16H2,1-3H3. The molecule has 0 amide bonds. The SMILES string of the molecule is CCC(C)C1(C(C)C=Cc2ccccc2)C=CC=CC1. The van der Waals surface area contributed by atoms with E-state index in [0.29, 0.717) is 11.8 Å². The maximum absolute atomic E-state index is 2.43. The van der Waals surface area contributed by atoms with Crippen molar-refractivity contribution >= 4 is 6.08 Å². The lowest BCUT2D eigenvalue weighted by Crippen LogP contribution is -2.33. The van der Waals surface area contributed by atoms with Gasteiger partial charge in [-0.1, -0.05) is 94.0 Å². The quantitative estimate of drug-likeness (QED) is 0.624. The second kappa shape index (κ2) is 6.74. The van der Waals surface area contributed by atoms with E-state index in [1.165, 1.54) is 12.0 Å². The average molecular weight is 266 g/mol. The Hall–Kier alpha value is -1.56. The summed E-state index contributed by atoms with van der Waals surface area (Å²) in [5, 5.41) is 0. The molecule has 1 aromatic rings. The van der Waals surface area contributed by atoms with Crippen molar-refractivity contribution in [1.82, 2.24) is 0 Å². The minimum atomic E-state index is 0.273. The fourth-order valence-electron chi connectivity index (χ4n) is 3.18. The predicted octanol–water partition coefficient (Wildman–Crippen LogP) is 5.88. The van der Waals surface area contributed by atoms with Crippen molar-refractivity contribution in [2.24, 2.45) is 17.3 Å².